The summed E-state index contributed by atoms with van der Waals surface area (Å²) in [6.45, 7) is 6.30. The summed E-state index contributed by atoms with van der Waals surface area (Å²) in [7, 11) is 1.45. The van der Waals surface area contributed by atoms with Gasteiger partial charge < -0.3 is 10.5 Å². The summed E-state index contributed by atoms with van der Waals surface area (Å²) in [6, 6.07) is 0. The molecule has 2 N–H and O–H groups in total. The van der Waals surface area contributed by atoms with Crippen LogP contribution >= 0.6 is 0 Å². The molecule has 0 aromatic rings. The van der Waals surface area contributed by atoms with Gasteiger partial charge in [-0.05, 0) is 26.2 Å². The number of hydrogen-bond acceptors (Lipinski definition) is 3. The summed E-state index contributed by atoms with van der Waals surface area (Å²) in [6.07, 6.45) is 5.07. The number of methoxy groups -OCH3 is 1. The summed E-state index contributed by atoms with van der Waals surface area (Å²) in [4.78, 5) is 11.6. The van der Waals surface area contributed by atoms with Crippen molar-refractivity contribution in [2.75, 3.05) is 7.11 Å². The minimum Gasteiger partial charge on any atom is -0.469 e. The van der Waals surface area contributed by atoms with E-state index in [0.717, 1.165) is 12.8 Å². The Bertz CT molecular complexity index is 257. The molecule has 0 heterocycles. The number of hydrogen-bond donors (Lipinski definition) is 1. The quantitative estimate of drug-likeness (QED) is 0.754. The first kappa shape index (κ1) is 13.5. The van der Waals surface area contributed by atoms with E-state index in [9.17, 15) is 4.79 Å². The smallest absolute Gasteiger partial charge is 0.306 e. The lowest BCUT2D eigenvalue weighted by Gasteiger charge is -2.51. The maximum Gasteiger partial charge on any atom is 0.306 e. The highest BCUT2D eigenvalue weighted by Crippen LogP contribution is 2.50. The third-order valence-corrected chi connectivity index (χ3v) is 4.42. The molecular formula is C13H25NO2. The second-order valence-electron chi connectivity index (χ2n) is 5.78. The van der Waals surface area contributed by atoms with Gasteiger partial charge in [0.2, 0.25) is 0 Å². The Hall–Kier alpha value is -0.570. The van der Waals surface area contributed by atoms with Crippen molar-refractivity contribution < 1.29 is 9.53 Å². The summed E-state index contributed by atoms with van der Waals surface area (Å²) < 4.78 is 4.83. The SMILES string of the molecule is COC(=O)CC1(C(C)(C)N)CCCCC1C. The second-order valence-corrected chi connectivity index (χ2v) is 5.78. The molecule has 0 aliphatic heterocycles. The number of rotatable bonds is 3. The molecule has 0 radical (unpaired) electrons. The average Bonchev–Trinajstić information content (AvgIpc) is 2.19. The van der Waals surface area contributed by atoms with Gasteiger partial charge in [0.15, 0.2) is 0 Å². The number of nitrogens with two attached hydrogens (primary N) is 1. The topological polar surface area (TPSA) is 52.3 Å². The van der Waals surface area contributed by atoms with Crippen molar-refractivity contribution >= 4 is 5.97 Å². The molecule has 94 valence electrons. The number of ether oxygens (including phenoxy) is 1. The summed E-state index contributed by atoms with van der Waals surface area (Å²) in [5.74, 6) is 0.354. The molecule has 2 unspecified atom stereocenters. The molecule has 1 rings (SSSR count). The van der Waals surface area contributed by atoms with Crippen LogP contribution in [-0.2, 0) is 9.53 Å². The van der Waals surface area contributed by atoms with Crippen LogP contribution in [0.2, 0.25) is 0 Å². The van der Waals surface area contributed by atoms with Crippen LogP contribution in [0.25, 0.3) is 0 Å². The molecule has 1 saturated carbocycles. The summed E-state index contributed by atoms with van der Waals surface area (Å²) >= 11 is 0. The Balaban J connectivity index is 2.96. The van der Waals surface area contributed by atoms with E-state index in [1.54, 1.807) is 0 Å². The van der Waals surface area contributed by atoms with Crippen LogP contribution in [0.15, 0.2) is 0 Å². The molecule has 0 aromatic carbocycles. The van der Waals surface area contributed by atoms with Crippen LogP contribution in [0, 0.1) is 11.3 Å². The lowest BCUT2D eigenvalue weighted by Crippen LogP contribution is -2.56. The lowest BCUT2D eigenvalue weighted by molar-refractivity contribution is -0.147. The van der Waals surface area contributed by atoms with Gasteiger partial charge in [0.05, 0.1) is 13.5 Å². The molecule has 1 aliphatic rings. The normalized spacial score (nSPS) is 31.2. The van der Waals surface area contributed by atoms with Gasteiger partial charge in [0, 0.05) is 11.0 Å². The van der Waals surface area contributed by atoms with Gasteiger partial charge in [-0.3, -0.25) is 4.79 Å². The molecule has 0 spiro atoms. The molecule has 1 fully saturated rings. The minimum atomic E-state index is -0.332. The highest BCUT2D eigenvalue weighted by atomic mass is 16.5. The van der Waals surface area contributed by atoms with Crippen LogP contribution in [0.5, 0.6) is 0 Å². The number of esters is 1. The van der Waals surface area contributed by atoms with Gasteiger partial charge in [0.25, 0.3) is 0 Å². The van der Waals surface area contributed by atoms with Gasteiger partial charge in [-0.25, -0.2) is 0 Å². The third kappa shape index (κ3) is 2.40. The maximum absolute atomic E-state index is 11.6. The van der Waals surface area contributed by atoms with Crippen molar-refractivity contribution in [1.82, 2.24) is 0 Å². The summed E-state index contributed by atoms with van der Waals surface area (Å²) in [5, 5.41) is 0. The Labute approximate surface area is 98.7 Å². The fraction of sp³-hybridized carbons (Fsp3) is 0.923. The van der Waals surface area contributed by atoms with Crippen LogP contribution in [0.1, 0.15) is 52.9 Å². The van der Waals surface area contributed by atoms with Gasteiger partial charge in [-0.1, -0.05) is 26.2 Å². The van der Waals surface area contributed by atoms with Crippen molar-refractivity contribution in [3.63, 3.8) is 0 Å². The first-order chi connectivity index (χ1) is 7.33. The Morgan fingerprint density at radius 1 is 1.50 bits per heavy atom. The molecule has 0 saturated heterocycles. The maximum atomic E-state index is 11.6. The molecule has 16 heavy (non-hydrogen) atoms. The monoisotopic (exact) mass is 227 g/mol. The van der Waals surface area contributed by atoms with Crippen LogP contribution < -0.4 is 5.73 Å². The Morgan fingerprint density at radius 3 is 2.56 bits per heavy atom. The van der Waals surface area contributed by atoms with E-state index in [0.29, 0.717) is 12.3 Å². The highest BCUT2D eigenvalue weighted by molar-refractivity contribution is 5.70. The van der Waals surface area contributed by atoms with E-state index in [-0.39, 0.29) is 16.9 Å². The molecule has 0 bridgehead atoms. The van der Waals surface area contributed by atoms with Gasteiger partial charge >= 0.3 is 5.97 Å². The minimum absolute atomic E-state index is 0.0989. The molecule has 1 aliphatic carbocycles. The predicted octanol–water partition coefficient (Wildman–Crippen LogP) is 2.48. The van der Waals surface area contributed by atoms with Crippen LogP contribution in [-0.4, -0.2) is 18.6 Å². The van der Waals surface area contributed by atoms with Crippen molar-refractivity contribution in [1.29, 1.82) is 0 Å². The first-order valence-corrected chi connectivity index (χ1v) is 6.19. The van der Waals surface area contributed by atoms with Crippen molar-refractivity contribution in [2.24, 2.45) is 17.1 Å². The van der Waals surface area contributed by atoms with E-state index in [1.807, 2.05) is 13.8 Å². The average molecular weight is 227 g/mol. The molecule has 0 amide bonds. The number of carbonyl (C=O) groups excluding carboxylic acids is 1. The van der Waals surface area contributed by atoms with Gasteiger partial charge in [0.1, 0.15) is 0 Å². The zero-order chi connectivity index (χ0) is 12.4. The summed E-state index contributed by atoms with van der Waals surface area (Å²) in [5.41, 5.74) is 5.90. The van der Waals surface area contributed by atoms with Gasteiger partial charge in [-0.15, -0.1) is 0 Å². The zero-order valence-corrected chi connectivity index (χ0v) is 11.0. The van der Waals surface area contributed by atoms with E-state index in [4.69, 9.17) is 10.5 Å². The first-order valence-electron chi connectivity index (χ1n) is 6.19. The fourth-order valence-corrected chi connectivity index (χ4v) is 3.19. The van der Waals surface area contributed by atoms with E-state index < -0.39 is 0 Å². The van der Waals surface area contributed by atoms with Crippen LogP contribution in [0.4, 0.5) is 0 Å². The largest absolute Gasteiger partial charge is 0.469 e. The lowest BCUT2D eigenvalue weighted by atomic mass is 9.56. The van der Waals surface area contributed by atoms with Crippen molar-refractivity contribution in [3.8, 4) is 0 Å². The Kier molecular flexibility index (Phi) is 4.00. The highest BCUT2D eigenvalue weighted by Gasteiger charge is 2.49. The third-order valence-electron chi connectivity index (χ3n) is 4.42. The molecule has 3 nitrogen and oxygen atoms in total. The number of carbonyl (C=O) groups is 1. The van der Waals surface area contributed by atoms with E-state index >= 15 is 0 Å². The standard InChI is InChI=1S/C13H25NO2/c1-10-7-5-6-8-13(10,12(2,3)14)9-11(15)16-4/h10H,5-9,14H2,1-4H3. The van der Waals surface area contributed by atoms with Crippen molar-refractivity contribution in [3.05, 3.63) is 0 Å². The Morgan fingerprint density at radius 2 is 2.12 bits per heavy atom. The second kappa shape index (κ2) is 4.74. The molecular weight excluding hydrogens is 202 g/mol. The molecule has 2 atom stereocenters. The zero-order valence-electron chi connectivity index (χ0n) is 11.0. The van der Waals surface area contributed by atoms with E-state index in [1.165, 1.54) is 20.0 Å². The van der Waals surface area contributed by atoms with Crippen LogP contribution in [0.3, 0.4) is 0 Å². The predicted molar refractivity (Wildman–Crippen MR) is 65.0 cm³/mol. The molecule has 0 aromatic heterocycles. The van der Waals surface area contributed by atoms with Crippen molar-refractivity contribution in [2.45, 2.75) is 58.4 Å². The van der Waals surface area contributed by atoms with Gasteiger partial charge in [-0.2, -0.15) is 0 Å². The molecule has 3 heteroatoms. The van der Waals surface area contributed by atoms with E-state index in [2.05, 4.69) is 6.92 Å². The fourth-order valence-electron chi connectivity index (χ4n) is 3.19.